The molecule has 4 aromatic rings. The molecule has 1 saturated heterocycles. The number of primary amides is 1. The van der Waals surface area contributed by atoms with Gasteiger partial charge < -0.3 is 40.6 Å². The highest BCUT2D eigenvalue weighted by Crippen LogP contribution is 2.27. The highest BCUT2D eigenvalue weighted by Gasteiger charge is 2.27. The number of carboxylic acid groups (broad SMARTS) is 1. The number of ether oxygens (including phenoxy) is 1. The summed E-state index contributed by atoms with van der Waals surface area (Å²) in [6.45, 7) is 9.61. The molecule has 5 N–H and O–H groups in total. The SMILES string of the molecule is CCn1cc(C(=O)O)c(=O)c2cc(F)c(N3CCN(C(=O)OCc4ccc(NC(=O)[C@H](CCCNC(N)=O)n5cc(C(C)(C)C)nn5)cc4)CC3)cc21. The molecular weight excluding hydrogens is 689 g/mol. The molecule has 16 nitrogen and oxygen atoms in total. The fourth-order valence-corrected chi connectivity index (χ4v) is 6.00. The van der Waals surface area contributed by atoms with Gasteiger partial charge in [-0.3, -0.25) is 9.59 Å². The first-order valence-electron chi connectivity index (χ1n) is 17.3. The fourth-order valence-electron chi connectivity index (χ4n) is 6.00. The largest absolute Gasteiger partial charge is 0.477 e. The number of carboxylic acids is 1. The van der Waals surface area contributed by atoms with Crippen molar-refractivity contribution in [1.29, 1.82) is 0 Å². The maximum atomic E-state index is 15.3. The Bertz CT molecular complexity index is 2050. The Morgan fingerprint density at radius 2 is 1.75 bits per heavy atom. The average Bonchev–Trinajstić information content (AvgIpc) is 3.62. The first-order chi connectivity index (χ1) is 25.2. The number of amides is 4. The topological polar surface area (TPSA) is 207 Å². The number of aryl methyl sites for hydroxylation is 1. The highest BCUT2D eigenvalue weighted by atomic mass is 19.1. The number of pyridine rings is 1. The number of carbonyl (C=O) groups excluding carboxylic acids is 3. The van der Waals surface area contributed by atoms with E-state index in [0.29, 0.717) is 55.8 Å². The number of benzene rings is 2. The summed E-state index contributed by atoms with van der Waals surface area (Å²) in [7, 11) is 0. The predicted octanol–water partition coefficient (Wildman–Crippen LogP) is 3.83. The lowest BCUT2D eigenvalue weighted by atomic mass is 9.93. The van der Waals surface area contributed by atoms with Crippen LogP contribution in [0.15, 0.2) is 53.6 Å². The Balaban J connectivity index is 1.16. The third-order valence-corrected chi connectivity index (χ3v) is 9.04. The number of nitrogens with zero attached hydrogens (tertiary/aromatic N) is 6. The summed E-state index contributed by atoms with van der Waals surface area (Å²) < 4.78 is 23.9. The summed E-state index contributed by atoms with van der Waals surface area (Å²) in [6.07, 6.45) is 3.33. The maximum Gasteiger partial charge on any atom is 0.410 e. The van der Waals surface area contributed by atoms with Gasteiger partial charge in [0.2, 0.25) is 11.3 Å². The molecule has 1 fully saturated rings. The molecule has 53 heavy (non-hydrogen) atoms. The molecule has 5 rings (SSSR count). The van der Waals surface area contributed by atoms with E-state index in [-0.39, 0.29) is 42.1 Å². The van der Waals surface area contributed by atoms with Crippen molar-refractivity contribution in [2.24, 2.45) is 5.73 Å². The van der Waals surface area contributed by atoms with Crippen LogP contribution in [0.1, 0.15) is 68.2 Å². The van der Waals surface area contributed by atoms with E-state index in [9.17, 15) is 29.1 Å². The lowest BCUT2D eigenvalue weighted by molar-refractivity contribution is -0.119. The maximum absolute atomic E-state index is 15.3. The van der Waals surface area contributed by atoms with Crippen molar-refractivity contribution in [2.75, 3.05) is 42.9 Å². The molecule has 1 aliphatic heterocycles. The van der Waals surface area contributed by atoms with Crippen LogP contribution < -0.4 is 26.7 Å². The van der Waals surface area contributed by atoms with Crippen molar-refractivity contribution in [3.63, 3.8) is 0 Å². The molecule has 282 valence electrons. The highest BCUT2D eigenvalue weighted by molar-refractivity contribution is 5.94. The third-order valence-electron chi connectivity index (χ3n) is 9.04. The Labute approximate surface area is 304 Å². The second-order valence-electron chi connectivity index (χ2n) is 13.8. The van der Waals surface area contributed by atoms with Gasteiger partial charge in [0, 0.05) is 68.2 Å². The van der Waals surface area contributed by atoms with Crippen molar-refractivity contribution in [1.82, 2.24) is 29.8 Å². The molecule has 4 amide bonds. The number of hydrogen-bond donors (Lipinski definition) is 4. The minimum absolute atomic E-state index is 0.0104. The number of nitrogens with one attached hydrogen (secondary N) is 2. The van der Waals surface area contributed by atoms with Gasteiger partial charge in [-0.25, -0.2) is 23.5 Å². The normalized spacial score (nSPS) is 13.8. The van der Waals surface area contributed by atoms with Gasteiger partial charge in [-0.05, 0) is 49.6 Å². The number of anilines is 2. The molecule has 0 unspecified atom stereocenters. The fraction of sp³-hybridized carbons (Fsp3) is 0.417. The van der Waals surface area contributed by atoms with E-state index in [0.717, 1.165) is 11.8 Å². The van der Waals surface area contributed by atoms with Crippen molar-refractivity contribution < 1.29 is 33.4 Å². The molecule has 2 aromatic heterocycles. The lowest BCUT2D eigenvalue weighted by Gasteiger charge is -2.35. The number of piperazine rings is 1. The van der Waals surface area contributed by atoms with Gasteiger partial charge >= 0.3 is 18.1 Å². The average molecular weight is 734 g/mol. The second-order valence-corrected chi connectivity index (χ2v) is 13.8. The number of carbonyl (C=O) groups is 4. The molecule has 2 aromatic carbocycles. The minimum atomic E-state index is -1.37. The molecular formula is C36H44FN9O7. The number of urea groups is 1. The first kappa shape index (κ1) is 38.2. The Morgan fingerprint density at radius 3 is 2.36 bits per heavy atom. The molecule has 0 bridgehead atoms. The summed E-state index contributed by atoms with van der Waals surface area (Å²) in [5.41, 5.74) is 6.36. The van der Waals surface area contributed by atoms with E-state index in [4.69, 9.17) is 10.5 Å². The van der Waals surface area contributed by atoms with Crippen LogP contribution in [0, 0.1) is 5.82 Å². The summed E-state index contributed by atoms with van der Waals surface area (Å²) >= 11 is 0. The van der Waals surface area contributed by atoms with Gasteiger partial charge in [-0.15, -0.1) is 5.10 Å². The standard InChI is InChI=1S/C36H44FN9O7/c1-5-43-19-25(33(49)50)31(47)24-17-26(37)29(18-28(24)43)44-13-15-45(16-14-44)35(52)53-21-22-8-10-23(11-9-22)40-32(48)27(7-6-12-39-34(38)51)46-20-30(41-42-46)36(2,3)4/h8-11,17-20,27H,5-7,12-16,21H2,1-4H3,(H,40,48)(H,49,50)(H3,38,39,51)/t27-/m0/s1. The van der Waals surface area contributed by atoms with E-state index in [1.165, 1.54) is 15.8 Å². The molecule has 1 aliphatic rings. The van der Waals surface area contributed by atoms with Gasteiger partial charge in [-0.1, -0.05) is 38.1 Å². The molecule has 0 saturated carbocycles. The zero-order valence-electron chi connectivity index (χ0n) is 30.1. The van der Waals surface area contributed by atoms with E-state index in [1.54, 1.807) is 52.9 Å². The van der Waals surface area contributed by atoms with Crippen LogP contribution in [-0.2, 0) is 28.1 Å². The Morgan fingerprint density at radius 1 is 1.06 bits per heavy atom. The van der Waals surface area contributed by atoms with Gasteiger partial charge in [0.15, 0.2) is 0 Å². The molecule has 0 aliphatic carbocycles. The molecule has 1 atom stereocenters. The Kier molecular flexibility index (Phi) is 11.6. The summed E-state index contributed by atoms with van der Waals surface area (Å²) in [4.78, 5) is 65.0. The van der Waals surface area contributed by atoms with Crippen molar-refractivity contribution in [3.8, 4) is 0 Å². The molecule has 0 radical (unpaired) electrons. The number of aromatic carboxylic acids is 1. The number of halogens is 1. The number of hydrogen-bond acceptors (Lipinski definition) is 9. The third kappa shape index (κ3) is 9.09. The molecule has 3 heterocycles. The van der Waals surface area contributed by atoms with Gasteiger partial charge in [0.05, 0.1) is 16.9 Å². The van der Waals surface area contributed by atoms with Crippen molar-refractivity contribution >= 4 is 46.3 Å². The van der Waals surface area contributed by atoms with Gasteiger partial charge in [0.25, 0.3) is 0 Å². The summed E-state index contributed by atoms with van der Waals surface area (Å²) in [6, 6.07) is 8.15. The van der Waals surface area contributed by atoms with Crippen LogP contribution in [0.4, 0.5) is 25.4 Å². The Hall–Kier alpha value is -6.00. The van der Waals surface area contributed by atoms with Gasteiger partial charge in [0.1, 0.15) is 24.0 Å². The number of fused-ring (bicyclic) bond motifs is 1. The van der Waals surface area contributed by atoms with E-state index >= 15 is 4.39 Å². The van der Waals surface area contributed by atoms with Crippen LogP contribution >= 0.6 is 0 Å². The second kappa shape index (κ2) is 16.1. The number of rotatable bonds is 12. The van der Waals surface area contributed by atoms with Crippen LogP contribution in [0.3, 0.4) is 0 Å². The lowest BCUT2D eigenvalue weighted by Crippen LogP contribution is -2.49. The van der Waals surface area contributed by atoms with Crippen LogP contribution in [-0.4, -0.2) is 86.3 Å². The van der Waals surface area contributed by atoms with Crippen LogP contribution in [0.2, 0.25) is 0 Å². The van der Waals surface area contributed by atoms with E-state index in [1.807, 2.05) is 20.8 Å². The predicted molar refractivity (Wildman–Crippen MR) is 194 cm³/mol. The van der Waals surface area contributed by atoms with E-state index < -0.39 is 40.9 Å². The van der Waals surface area contributed by atoms with E-state index in [2.05, 4.69) is 20.9 Å². The zero-order valence-corrected chi connectivity index (χ0v) is 30.1. The summed E-state index contributed by atoms with van der Waals surface area (Å²) in [5, 5.41) is 23.3. The van der Waals surface area contributed by atoms with Crippen LogP contribution in [0.5, 0.6) is 0 Å². The van der Waals surface area contributed by atoms with Crippen molar-refractivity contribution in [3.05, 3.63) is 81.7 Å². The zero-order chi connectivity index (χ0) is 38.4. The molecule has 17 heteroatoms. The quantitative estimate of drug-likeness (QED) is 0.155. The molecule has 0 spiro atoms. The monoisotopic (exact) mass is 733 g/mol. The number of nitrogens with two attached hydrogens (primary N) is 1. The van der Waals surface area contributed by atoms with Crippen molar-refractivity contribution in [2.45, 2.75) is 65.1 Å². The summed E-state index contributed by atoms with van der Waals surface area (Å²) in [5.74, 6) is -2.35. The van der Waals surface area contributed by atoms with Gasteiger partial charge in [-0.2, -0.15) is 0 Å². The minimum Gasteiger partial charge on any atom is -0.477 e. The number of aromatic nitrogens is 4. The first-order valence-corrected chi connectivity index (χ1v) is 17.3. The van der Waals surface area contributed by atoms with Crippen LogP contribution in [0.25, 0.3) is 10.9 Å². The smallest absolute Gasteiger partial charge is 0.410 e.